The highest BCUT2D eigenvalue weighted by Crippen LogP contribution is 2.34. The topological polar surface area (TPSA) is 71.3 Å². The van der Waals surface area contributed by atoms with Gasteiger partial charge < -0.3 is 14.8 Å². The van der Waals surface area contributed by atoms with E-state index >= 15 is 0 Å². The monoisotopic (exact) mass is 382 g/mol. The van der Waals surface area contributed by atoms with Gasteiger partial charge >= 0.3 is 0 Å². The molecule has 1 amide bonds. The molecule has 2 aromatic rings. The maximum atomic E-state index is 13.3. The number of ether oxygens (including phenoxy) is 2. The van der Waals surface area contributed by atoms with Crippen LogP contribution < -0.4 is 10.1 Å². The number of hydrogen-bond donors (Lipinski definition) is 1. The average Bonchev–Trinajstić information content (AvgIpc) is 2.73. The zero-order chi connectivity index (χ0) is 20.0. The SMILES string of the molecule is CC(Oc1ccc(C#N)cc1)C(=O)NCC1(c2ccc(F)cc2)CCOCC1. The van der Waals surface area contributed by atoms with Crippen molar-refractivity contribution in [2.45, 2.75) is 31.3 Å². The van der Waals surface area contributed by atoms with Gasteiger partial charge in [0.15, 0.2) is 6.10 Å². The molecule has 1 unspecified atom stereocenters. The summed E-state index contributed by atoms with van der Waals surface area (Å²) < 4.78 is 24.5. The molecule has 0 aliphatic carbocycles. The molecular formula is C22H23FN2O3. The van der Waals surface area contributed by atoms with Crippen molar-refractivity contribution in [2.75, 3.05) is 19.8 Å². The lowest BCUT2D eigenvalue weighted by atomic mass is 9.74. The van der Waals surface area contributed by atoms with Crippen molar-refractivity contribution < 1.29 is 18.7 Å². The summed E-state index contributed by atoms with van der Waals surface area (Å²) in [5.74, 6) is 0.0257. The van der Waals surface area contributed by atoms with Crippen molar-refractivity contribution in [1.82, 2.24) is 5.32 Å². The van der Waals surface area contributed by atoms with Gasteiger partial charge in [-0.3, -0.25) is 4.79 Å². The summed E-state index contributed by atoms with van der Waals surface area (Å²) in [6.07, 6.45) is 0.825. The van der Waals surface area contributed by atoms with E-state index in [4.69, 9.17) is 14.7 Å². The standard InChI is InChI=1S/C22H23FN2O3/c1-16(28-20-8-2-17(14-24)3-9-20)21(26)25-15-22(10-12-27-13-11-22)18-4-6-19(23)7-5-18/h2-9,16H,10-13,15H2,1H3,(H,25,26). The third kappa shape index (κ3) is 4.68. The Morgan fingerprint density at radius 1 is 1.21 bits per heavy atom. The highest BCUT2D eigenvalue weighted by molar-refractivity contribution is 5.80. The van der Waals surface area contributed by atoms with E-state index in [0.717, 1.165) is 18.4 Å². The van der Waals surface area contributed by atoms with E-state index in [1.165, 1.54) is 12.1 Å². The molecule has 28 heavy (non-hydrogen) atoms. The lowest BCUT2D eigenvalue weighted by Gasteiger charge is -2.38. The molecule has 1 heterocycles. The first-order valence-corrected chi connectivity index (χ1v) is 9.31. The van der Waals surface area contributed by atoms with Crippen LogP contribution in [0.5, 0.6) is 5.75 Å². The van der Waals surface area contributed by atoms with Gasteiger partial charge in [0.05, 0.1) is 11.6 Å². The number of nitrogens with zero attached hydrogens (tertiary/aromatic N) is 1. The average molecular weight is 382 g/mol. The molecule has 0 radical (unpaired) electrons. The first-order chi connectivity index (χ1) is 13.5. The molecule has 1 aliphatic rings. The second-order valence-corrected chi connectivity index (χ2v) is 7.01. The molecular weight excluding hydrogens is 359 g/mol. The summed E-state index contributed by atoms with van der Waals surface area (Å²) in [6.45, 7) is 3.32. The first-order valence-electron chi connectivity index (χ1n) is 9.31. The molecule has 0 aromatic heterocycles. The normalized spacial score (nSPS) is 16.6. The Balaban J connectivity index is 1.64. The van der Waals surface area contributed by atoms with Crippen LogP contribution in [0.15, 0.2) is 48.5 Å². The second kappa shape index (κ2) is 8.85. The van der Waals surface area contributed by atoms with Crippen molar-refractivity contribution in [3.8, 4) is 11.8 Å². The Bertz CT molecular complexity index is 838. The van der Waals surface area contributed by atoms with Crippen LogP contribution in [0.4, 0.5) is 4.39 Å². The molecule has 1 fully saturated rings. The molecule has 1 N–H and O–H groups in total. The van der Waals surface area contributed by atoms with Crippen molar-refractivity contribution in [2.24, 2.45) is 0 Å². The Labute approximate surface area is 164 Å². The van der Waals surface area contributed by atoms with Gasteiger partial charge in [0, 0.05) is 25.2 Å². The Morgan fingerprint density at radius 2 is 1.86 bits per heavy atom. The summed E-state index contributed by atoms with van der Waals surface area (Å²) in [6, 6.07) is 15.1. The maximum absolute atomic E-state index is 13.3. The minimum absolute atomic E-state index is 0.225. The van der Waals surface area contributed by atoms with Crippen molar-refractivity contribution in [3.63, 3.8) is 0 Å². The van der Waals surface area contributed by atoms with Crippen LogP contribution in [-0.2, 0) is 14.9 Å². The van der Waals surface area contributed by atoms with Gasteiger partial charge in [0.1, 0.15) is 11.6 Å². The zero-order valence-corrected chi connectivity index (χ0v) is 15.8. The molecule has 2 aromatic carbocycles. The van der Waals surface area contributed by atoms with Crippen molar-refractivity contribution in [1.29, 1.82) is 5.26 Å². The van der Waals surface area contributed by atoms with Crippen LogP contribution in [0.3, 0.4) is 0 Å². The number of nitriles is 1. The van der Waals surface area contributed by atoms with E-state index in [1.54, 1.807) is 43.3 Å². The zero-order valence-electron chi connectivity index (χ0n) is 15.8. The number of carbonyl (C=O) groups is 1. The highest BCUT2D eigenvalue weighted by Gasteiger charge is 2.35. The molecule has 5 nitrogen and oxygen atoms in total. The Hall–Kier alpha value is -2.91. The summed E-state index contributed by atoms with van der Waals surface area (Å²) >= 11 is 0. The van der Waals surface area contributed by atoms with Crippen LogP contribution in [-0.4, -0.2) is 31.8 Å². The molecule has 1 aliphatic heterocycles. The van der Waals surface area contributed by atoms with Crippen LogP contribution in [0.2, 0.25) is 0 Å². The minimum Gasteiger partial charge on any atom is -0.481 e. The van der Waals surface area contributed by atoms with E-state index in [-0.39, 0.29) is 17.1 Å². The van der Waals surface area contributed by atoms with Crippen LogP contribution in [0.1, 0.15) is 30.9 Å². The van der Waals surface area contributed by atoms with Gasteiger partial charge in [-0.1, -0.05) is 12.1 Å². The van der Waals surface area contributed by atoms with Crippen LogP contribution in [0.25, 0.3) is 0 Å². The largest absolute Gasteiger partial charge is 0.481 e. The summed E-state index contributed by atoms with van der Waals surface area (Å²) in [5.41, 5.74) is 1.25. The number of nitrogens with one attached hydrogen (secondary N) is 1. The van der Waals surface area contributed by atoms with Gasteiger partial charge in [-0.2, -0.15) is 5.26 Å². The fourth-order valence-corrected chi connectivity index (χ4v) is 3.40. The molecule has 146 valence electrons. The van der Waals surface area contributed by atoms with Crippen LogP contribution >= 0.6 is 0 Å². The fourth-order valence-electron chi connectivity index (χ4n) is 3.40. The lowest BCUT2D eigenvalue weighted by molar-refractivity contribution is -0.127. The van der Waals surface area contributed by atoms with Gasteiger partial charge in [0.2, 0.25) is 0 Å². The maximum Gasteiger partial charge on any atom is 0.260 e. The number of hydrogen-bond acceptors (Lipinski definition) is 4. The third-order valence-corrected chi connectivity index (χ3v) is 5.17. The fraction of sp³-hybridized carbons (Fsp3) is 0.364. The van der Waals surface area contributed by atoms with E-state index in [0.29, 0.717) is 31.1 Å². The summed E-state index contributed by atoms with van der Waals surface area (Å²) in [7, 11) is 0. The van der Waals surface area contributed by atoms with E-state index in [1.807, 2.05) is 6.07 Å². The third-order valence-electron chi connectivity index (χ3n) is 5.17. The predicted molar refractivity (Wildman–Crippen MR) is 102 cm³/mol. The van der Waals surface area contributed by atoms with Gasteiger partial charge in [-0.15, -0.1) is 0 Å². The molecule has 1 saturated heterocycles. The predicted octanol–water partition coefficient (Wildman–Crippen LogP) is 3.33. The van der Waals surface area contributed by atoms with E-state index in [9.17, 15) is 9.18 Å². The first kappa shape index (κ1) is 19.8. The number of halogens is 1. The smallest absolute Gasteiger partial charge is 0.260 e. The van der Waals surface area contributed by atoms with Crippen LogP contribution in [0, 0.1) is 17.1 Å². The van der Waals surface area contributed by atoms with E-state index in [2.05, 4.69) is 5.32 Å². The highest BCUT2D eigenvalue weighted by atomic mass is 19.1. The molecule has 1 atom stereocenters. The van der Waals surface area contributed by atoms with Crippen molar-refractivity contribution >= 4 is 5.91 Å². The molecule has 0 bridgehead atoms. The molecule has 6 heteroatoms. The summed E-state index contributed by atoms with van der Waals surface area (Å²) in [5, 5.41) is 11.8. The van der Waals surface area contributed by atoms with Crippen molar-refractivity contribution in [3.05, 3.63) is 65.5 Å². The number of benzene rings is 2. The van der Waals surface area contributed by atoms with Gasteiger partial charge in [-0.25, -0.2) is 4.39 Å². The van der Waals surface area contributed by atoms with Gasteiger partial charge in [-0.05, 0) is 61.7 Å². The Morgan fingerprint density at radius 3 is 2.46 bits per heavy atom. The second-order valence-electron chi connectivity index (χ2n) is 7.01. The molecule has 0 saturated carbocycles. The van der Waals surface area contributed by atoms with E-state index < -0.39 is 6.10 Å². The minimum atomic E-state index is -0.682. The number of rotatable bonds is 6. The number of carbonyl (C=O) groups excluding carboxylic acids is 1. The molecule has 3 rings (SSSR count). The summed E-state index contributed by atoms with van der Waals surface area (Å²) in [4.78, 5) is 12.6. The van der Waals surface area contributed by atoms with Gasteiger partial charge in [0.25, 0.3) is 5.91 Å². The lowest BCUT2D eigenvalue weighted by Crippen LogP contribution is -2.47. The number of amides is 1. The molecule has 0 spiro atoms. The quantitative estimate of drug-likeness (QED) is 0.832. The Kier molecular flexibility index (Phi) is 6.27.